The van der Waals surface area contributed by atoms with Gasteiger partial charge in [0, 0.05) is 24.5 Å². The van der Waals surface area contributed by atoms with E-state index in [9.17, 15) is 9.90 Å². The van der Waals surface area contributed by atoms with Crippen LogP contribution in [0.15, 0.2) is 55.3 Å². The van der Waals surface area contributed by atoms with Crippen LogP contribution in [0.5, 0.6) is 0 Å². The Labute approximate surface area is 229 Å². The number of aliphatic hydroxyl groups excluding tert-OH is 1. The standard InChI is InChI=1S/C30H37N7O2/c1-4-17-31-29(39)24-18-32-30(36-28(24)35-26-16-10-21-9-15-25(38)27(21)34-26)33-22-11-5-19(6-12-22)20-7-13-23(14-8-20)37(2)3/h4-6,10-12,16,18,20,23,25,38H,1,7-9,13-15,17H2,2-3H3,(H,31,39)(H2,32,33,34,35,36)/t20-,23+,25?. The Bertz CT molecular complexity index is 1320. The number of nitrogens with one attached hydrogen (secondary N) is 3. The first-order valence-corrected chi connectivity index (χ1v) is 13.7. The number of carbonyl (C=O) groups excluding carboxylic acids is 1. The predicted molar refractivity (Wildman–Crippen MR) is 154 cm³/mol. The smallest absolute Gasteiger partial charge is 0.256 e. The third kappa shape index (κ3) is 6.26. The lowest BCUT2D eigenvalue weighted by molar-refractivity contribution is 0.0958. The van der Waals surface area contributed by atoms with Crippen molar-refractivity contribution in [3.63, 3.8) is 0 Å². The second kappa shape index (κ2) is 11.9. The summed E-state index contributed by atoms with van der Waals surface area (Å²) in [6.45, 7) is 3.98. The van der Waals surface area contributed by atoms with Crippen LogP contribution in [0.4, 0.5) is 23.3 Å². The quantitative estimate of drug-likeness (QED) is 0.292. The van der Waals surface area contributed by atoms with Crippen LogP contribution in [0.25, 0.3) is 0 Å². The fourth-order valence-corrected chi connectivity index (χ4v) is 5.48. The molecule has 1 fully saturated rings. The molecule has 1 amide bonds. The average molecular weight is 528 g/mol. The molecule has 1 unspecified atom stereocenters. The zero-order valence-electron chi connectivity index (χ0n) is 22.7. The van der Waals surface area contributed by atoms with Gasteiger partial charge in [-0.25, -0.2) is 9.97 Å². The summed E-state index contributed by atoms with van der Waals surface area (Å²) >= 11 is 0. The molecule has 0 aliphatic heterocycles. The molecular formula is C30H37N7O2. The minimum absolute atomic E-state index is 0.286. The van der Waals surface area contributed by atoms with Crippen LogP contribution in [0.3, 0.4) is 0 Å². The molecule has 0 bridgehead atoms. The van der Waals surface area contributed by atoms with Gasteiger partial charge in [-0.3, -0.25) is 4.79 Å². The normalized spacial score (nSPS) is 20.4. The van der Waals surface area contributed by atoms with Crippen LogP contribution in [0.2, 0.25) is 0 Å². The topological polar surface area (TPSA) is 115 Å². The minimum Gasteiger partial charge on any atom is -0.387 e. The third-order valence-electron chi connectivity index (χ3n) is 7.77. The summed E-state index contributed by atoms with van der Waals surface area (Å²) in [5, 5.41) is 19.5. The number of hydrogen-bond donors (Lipinski definition) is 4. The lowest BCUT2D eigenvalue weighted by atomic mass is 9.81. The number of amides is 1. The molecule has 2 aromatic heterocycles. The number of carbonyl (C=O) groups is 1. The Morgan fingerprint density at radius 2 is 1.82 bits per heavy atom. The van der Waals surface area contributed by atoms with Gasteiger partial charge < -0.3 is 26.0 Å². The molecule has 2 aliphatic rings. The maximum atomic E-state index is 12.8. The fraction of sp³-hybridized carbons (Fsp3) is 0.400. The van der Waals surface area contributed by atoms with Crippen LogP contribution < -0.4 is 16.0 Å². The number of hydrogen-bond acceptors (Lipinski definition) is 8. The lowest BCUT2D eigenvalue weighted by Gasteiger charge is -2.32. The summed E-state index contributed by atoms with van der Waals surface area (Å²) in [7, 11) is 4.34. The van der Waals surface area contributed by atoms with Crippen molar-refractivity contribution in [2.75, 3.05) is 31.3 Å². The number of pyridine rings is 1. The van der Waals surface area contributed by atoms with Crippen molar-refractivity contribution < 1.29 is 9.90 Å². The molecule has 0 spiro atoms. The van der Waals surface area contributed by atoms with Gasteiger partial charge in [-0.2, -0.15) is 4.98 Å². The van der Waals surface area contributed by atoms with Crippen LogP contribution in [-0.4, -0.2) is 57.5 Å². The van der Waals surface area contributed by atoms with E-state index in [4.69, 9.17) is 0 Å². The molecule has 4 N–H and O–H groups in total. The average Bonchev–Trinajstić information content (AvgIpc) is 3.32. The second-order valence-electron chi connectivity index (χ2n) is 10.6. The number of aryl methyl sites for hydroxylation is 1. The summed E-state index contributed by atoms with van der Waals surface area (Å²) in [6, 6.07) is 12.9. The minimum atomic E-state index is -0.578. The van der Waals surface area contributed by atoms with Gasteiger partial charge in [0.25, 0.3) is 5.91 Å². The van der Waals surface area contributed by atoms with Crippen LogP contribution >= 0.6 is 0 Å². The van der Waals surface area contributed by atoms with Gasteiger partial charge in [0.05, 0.1) is 11.8 Å². The first kappa shape index (κ1) is 26.8. The molecule has 204 valence electrons. The Hall–Kier alpha value is -3.82. The van der Waals surface area contributed by atoms with Gasteiger partial charge >= 0.3 is 0 Å². The molecule has 5 rings (SSSR count). The van der Waals surface area contributed by atoms with Crippen molar-refractivity contribution in [2.24, 2.45) is 0 Å². The van der Waals surface area contributed by atoms with Gasteiger partial charge in [-0.05, 0) is 87.9 Å². The first-order chi connectivity index (χ1) is 18.9. The highest BCUT2D eigenvalue weighted by Gasteiger charge is 2.24. The molecule has 0 radical (unpaired) electrons. The molecule has 2 heterocycles. The van der Waals surface area contributed by atoms with Crippen molar-refractivity contribution in [3.8, 4) is 0 Å². The van der Waals surface area contributed by atoms with Gasteiger partial charge in [0.2, 0.25) is 5.95 Å². The van der Waals surface area contributed by atoms with Gasteiger partial charge in [0.1, 0.15) is 17.2 Å². The van der Waals surface area contributed by atoms with E-state index in [0.29, 0.717) is 48.2 Å². The highest BCUT2D eigenvalue weighted by molar-refractivity contribution is 5.99. The summed E-state index contributed by atoms with van der Waals surface area (Å²) < 4.78 is 0. The Balaban J connectivity index is 1.33. The molecular weight excluding hydrogens is 490 g/mol. The zero-order valence-corrected chi connectivity index (χ0v) is 22.7. The third-order valence-corrected chi connectivity index (χ3v) is 7.77. The maximum absolute atomic E-state index is 12.8. The van der Waals surface area contributed by atoms with E-state index in [2.05, 4.69) is 80.7 Å². The van der Waals surface area contributed by atoms with Gasteiger partial charge in [0.15, 0.2) is 0 Å². The number of fused-ring (bicyclic) bond motifs is 1. The van der Waals surface area contributed by atoms with Crippen molar-refractivity contribution in [3.05, 3.63) is 77.6 Å². The Morgan fingerprint density at radius 1 is 1.05 bits per heavy atom. The van der Waals surface area contributed by atoms with E-state index in [1.54, 1.807) is 6.08 Å². The molecule has 9 nitrogen and oxygen atoms in total. The van der Waals surface area contributed by atoms with E-state index in [1.165, 1.54) is 37.4 Å². The van der Waals surface area contributed by atoms with Crippen LogP contribution in [0.1, 0.15) is 71.3 Å². The maximum Gasteiger partial charge on any atom is 0.256 e. The summed E-state index contributed by atoms with van der Waals surface area (Å²) in [5.41, 5.74) is 4.22. The monoisotopic (exact) mass is 527 g/mol. The zero-order chi connectivity index (χ0) is 27.4. The summed E-state index contributed by atoms with van der Waals surface area (Å²) in [5.74, 6) is 1.46. The van der Waals surface area contributed by atoms with E-state index in [-0.39, 0.29) is 11.5 Å². The van der Waals surface area contributed by atoms with E-state index in [0.717, 1.165) is 17.7 Å². The van der Waals surface area contributed by atoms with Gasteiger partial charge in [-0.1, -0.05) is 24.3 Å². The molecule has 1 aromatic carbocycles. The summed E-state index contributed by atoms with van der Waals surface area (Å²) in [4.78, 5) is 28.7. The fourth-order valence-electron chi connectivity index (χ4n) is 5.48. The molecule has 39 heavy (non-hydrogen) atoms. The van der Waals surface area contributed by atoms with Crippen molar-refractivity contribution in [2.45, 2.75) is 56.6 Å². The van der Waals surface area contributed by atoms with Crippen molar-refractivity contribution >= 4 is 29.2 Å². The van der Waals surface area contributed by atoms with E-state index in [1.807, 2.05) is 12.1 Å². The number of nitrogens with zero attached hydrogens (tertiary/aromatic N) is 4. The highest BCUT2D eigenvalue weighted by Crippen LogP contribution is 2.35. The van der Waals surface area contributed by atoms with Crippen LogP contribution in [0, 0.1) is 0 Å². The molecule has 1 atom stereocenters. The predicted octanol–water partition coefficient (Wildman–Crippen LogP) is 4.84. The first-order valence-electron chi connectivity index (χ1n) is 13.7. The van der Waals surface area contributed by atoms with Crippen molar-refractivity contribution in [1.29, 1.82) is 0 Å². The number of benzene rings is 1. The molecule has 0 saturated heterocycles. The number of aromatic nitrogens is 3. The highest BCUT2D eigenvalue weighted by atomic mass is 16.3. The SMILES string of the molecule is C=CCNC(=O)c1cnc(Nc2ccc([C@H]3CC[C@@H](N(C)C)CC3)cc2)nc1Nc1ccc2c(n1)C(O)CC2. The molecule has 2 aliphatic carbocycles. The van der Waals surface area contributed by atoms with Gasteiger partial charge in [-0.15, -0.1) is 6.58 Å². The van der Waals surface area contributed by atoms with Crippen molar-refractivity contribution in [1.82, 2.24) is 25.2 Å². The lowest BCUT2D eigenvalue weighted by Crippen LogP contribution is -2.31. The Kier molecular flexibility index (Phi) is 8.18. The largest absolute Gasteiger partial charge is 0.387 e. The summed E-state index contributed by atoms with van der Waals surface area (Å²) in [6.07, 6.45) is 8.87. The number of rotatable bonds is 9. The molecule has 9 heteroatoms. The van der Waals surface area contributed by atoms with E-state index >= 15 is 0 Å². The Morgan fingerprint density at radius 3 is 2.54 bits per heavy atom. The van der Waals surface area contributed by atoms with Crippen LogP contribution in [-0.2, 0) is 6.42 Å². The second-order valence-corrected chi connectivity index (χ2v) is 10.6. The molecule has 3 aromatic rings. The van der Waals surface area contributed by atoms with E-state index < -0.39 is 6.10 Å². The number of aliphatic hydroxyl groups is 1. The number of anilines is 4. The molecule has 1 saturated carbocycles.